The van der Waals surface area contributed by atoms with Crippen LogP contribution in [-0.4, -0.2) is 43.3 Å². The second-order valence-electron chi connectivity index (χ2n) is 4.63. The van der Waals surface area contributed by atoms with Crippen LogP contribution in [0.4, 0.5) is 13.2 Å². The molecule has 0 radical (unpaired) electrons. The molecule has 1 heterocycles. The van der Waals surface area contributed by atoms with E-state index in [0.29, 0.717) is 5.56 Å². The fourth-order valence-electron chi connectivity index (χ4n) is 2.14. The molecule has 1 aromatic carbocycles. The summed E-state index contributed by atoms with van der Waals surface area (Å²) in [6.45, 7) is 1.60. The van der Waals surface area contributed by atoms with Crippen molar-refractivity contribution in [2.24, 2.45) is 0 Å². The lowest BCUT2D eigenvalue weighted by Gasteiger charge is -2.23. The number of hydrogen-bond donors (Lipinski definition) is 1. The maximum atomic E-state index is 12.2. The largest absolute Gasteiger partial charge is 0.573 e. The third-order valence-corrected chi connectivity index (χ3v) is 3.24. The first-order valence-electron chi connectivity index (χ1n) is 6.20. The summed E-state index contributed by atoms with van der Waals surface area (Å²) in [5, 5.41) is 3.16. The van der Waals surface area contributed by atoms with Gasteiger partial charge < -0.3 is 15.0 Å². The molecule has 20 heavy (non-hydrogen) atoms. The van der Waals surface area contributed by atoms with Gasteiger partial charge in [-0.3, -0.25) is 4.79 Å². The van der Waals surface area contributed by atoms with Crippen LogP contribution in [0.25, 0.3) is 0 Å². The third kappa shape index (κ3) is 3.63. The number of benzene rings is 1. The molecule has 0 aliphatic carbocycles. The summed E-state index contributed by atoms with van der Waals surface area (Å²) < 4.78 is 39.8. The zero-order valence-electron chi connectivity index (χ0n) is 10.9. The lowest BCUT2D eigenvalue weighted by atomic mass is 10.1. The normalized spacial score (nSPS) is 18.9. The molecule has 7 heteroatoms. The molecule has 1 fully saturated rings. The summed E-state index contributed by atoms with van der Waals surface area (Å²) in [7, 11) is 1.69. The second-order valence-corrected chi connectivity index (χ2v) is 4.63. The Kier molecular flexibility index (Phi) is 4.17. The Labute approximate surface area is 114 Å². The monoisotopic (exact) mass is 288 g/mol. The van der Waals surface area contributed by atoms with Crippen LogP contribution < -0.4 is 10.1 Å². The van der Waals surface area contributed by atoms with Crippen molar-refractivity contribution in [2.75, 3.05) is 20.1 Å². The first-order chi connectivity index (χ1) is 9.37. The SMILES string of the molecule is CN(C(=O)c1ccc(OC(F)(F)F)cc1)[C@@H]1CCNC1. The second kappa shape index (κ2) is 5.70. The van der Waals surface area contributed by atoms with E-state index in [1.54, 1.807) is 11.9 Å². The topological polar surface area (TPSA) is 41.6 Å². The van der Waals surface area contributed by atoms with Crippen LogP contribution in [0.15, 0.2) is 24.3 Å². The zero-order chi connectivity index (χ0) is 14.8. The highest BCUT2D eigenvalue weighted by atomic mass is 19.4. The van der Waals surface area contributed by atoms with Crippen LogP contribution in [0.2, 0.25) is 0 Å². The van der Waals surface area contributed by atoms with Crippen molar-refractivity contribution in [1.82, 2.24) is 10.2 Å². The van der Waals surface area contributed by atoms with Gasteiger partial charge in [0, 0.05) is 25.2 Å². The molecule has 0 saturated carbocycles. The van der Waals surface area contributed by atoms with E-state index >= 15 is 0 Å². The van der Waals surface area contributed by atoms with E-state index in [-0.39, 0.29) is 17.7 Å². The molecular weight excluding hydrogens is 273 g/mol. The van der Waals surface area contributed by atoms with Crippen LogP contribution in [-0.2, 0) is 0 Å². The standard InChI is InChI=1S/C13H15F3N2O2/c1-18(10-6-7-17-8-10)12(19)9-2-4-11(5-3-9)20-13(14,15)16/h2-5,10,17H,6-8H2,1H3/t10-/m1/s1. The lowest BCUT2D eigenvalue weighted by Crippen LogP contribution is -2.38. The molecule has 0 aromatic heterocycles. The Morgan fingerprint density at radius 1 is 1.35 bits per heavy atom. The molecule has 1 aliphatic rings. The number of carbonyl (C=O) groups excluding carboxylic acids is 1. The third-order valence-electron chi connectivity index (χ3n) is 3.24. The Morgan fingerprint density at radius 3 is 2.50 bits per heavy atom. The van der Waals surface area contributed by atoms with Gasteiger partial charge in [-0.15, -0.1) is 13.2 Å². The molecular formula is C13H15F3N2O2. The Bertz CT molecular complexity index is 467. The van der Waals surface area contributed by atoms with Gasteiger partial charge in [-0.2, -0.15) is 0 Å². The minimum atomic E-state index is -4.72. The molecule has 1 aromatic rings. The van der Waals surface area contributed by atoms with Crippen LogP contribution in [0.1, 0.15) is 16.8 Å². The Hall–Kier alpha value is -1.76. The predicted octanol–water partition coefficient (Wildman–Crippen LogP) is 2.02. The number of hydrogen-bond acceptors (Lipinski definition) is 3. The number of halogens is 3. The minimum absolute atomic E-state index is 0.119. The summed E-state index contributed by atoms with van der Waals surface area (Å²) in [6.07, 6.45) is -3.85. The molecule has 0 bridgehead atoms. The van der Waals surface area contributed by atoms with Gasteiger partial charge in [0.1, 0.15) is 5.75 Å². The molecule has 1 aliphatic heterocycles. The molecule has 0 spiro atoms. The number of amides is 1. The van der Waals surface area contributed by atoms with Gasteiger partial charge in [0.2, 0.25) is 0 Å². The van der Waals surface area contributed by atoms with Gasteiger partial charge in [0.05, 0.1) is 0 Å². The summed E-state index contributed by atoms with van der Waals surface area (Å²) in [4.78, 5) is 13.8. The predicted molar refractivity (Wildman–Crippen MR) is 66.5 cm³/mol. The number of alkyl halides is 3. The van der Waals surface area contributed by atoms with Gasteiger partial charge in [0.25, 0.3) is 5.91 Å². The maximum absolute atomic E-state index is 12.2. The summed E-state index contributed by atoms with van der Waals surface area (Å²) in [6, 6.07) is 5.07. The van der Waals surface area contributed by atoms with E-state index in [1.165, 1.54) is 12.1 Å². The van der Waals surface area contributed by atoms with E-state index in [4.69, 9.17) is 0 Å². The first kappa shape index (κ1) is 14.6. The van der Waals surface area contributed by atoms with Gasteiger partial charge >= 0.3 is 6.36 Å². The number of ether oxygens (including phenoxy) is 1. The number of carbonyl (C=O) groups is 1. The van der Waals surface area contributed by atoms with E-state index in [2.05, 4.69) is 10.1 Å². The molecule has 1 saturated heterocycles. The van der Waals surface area contributed by atoms with E-state index in [9.17, 15) is 18.0 Å². The first-order valence-corrected chi connectivity index (χ1v) is 6.20. The average molecular weight is 288 g/mol. The maximum Gasteiger partial charge on any atom is 0.573 e. The molecule has 1 amide bonds. The quantitative estimate of drug-likeness (QED) is 0.925. The summed E-state index contributed by atoms with van der Waals surface area (Å²) in [5.41, 5.74) is 0.342. The van der Waals surface area contributed by atoms with Crippen LogP contribution in [0.3, 0.4) is 0 Å². The average Bonchev–Trinajstić information content (AvgIpc) is 2.90. The number of likely N-dealkylation sites (N-methyl/N-ethyl adjacent to an activating group) is 1. The number of rotatable bonds is 3. The van der Waals surface area contributed by atoms with Crippen molar-refractivity contribution in [3.8, 4) is 5.75 Å². The number of nitrogens with one attached hydrogen (secondary N) is 1. The zero-order valence-corrected chi connectivity index (χ0v) is 10.9. The Morgan fingerprint density at radius 2 is 2.00 bits per heavy atom. The van der Waals surface area contributed by atoms with Crippen LogP contribution in [0, 0.1) is 0 Å². The van der Waals surface area contributed by atoms with Gasteiger partial charge in [-0.25, -0.2) is 0 Å². The lowest BCUT2D eigenvalue weighted by molar-refractivity contribution is -0.274. The van der Waals surface area contributed by atoms with Crippen molar-refractivity contribution in [1.29, 1.82) is 0 Å². The van der Waals surface area contributed by atoms with Gasteiger partial charge in [-0.1, -0.05) is 0 Å². The highest BCUT2D eigenvalue weighted by Crippen LogP contribution is 2.23. The fourth-order valence-corrected chi connectivity index (χ4v) is 2.14. The fraction of sp³-hybridized carbons (Fsp3) is 0.462. The van der Waals surface area contributed by atoms with Crippen molar-refractivity contribution in [3.05, 3.63) is 29.8 Å². The summed E-state index contributed by atoms with van der Waals surface area (Å²) in [5.74, 6) is -0.545. The van der Waals surface area contributed by atoms with Crippen molar-refractivity contribution < 1.29 is 22.7 Å². The highest BCUT2D eigenvalue weighted by molar-refractivity contribution is 5.94. The molecule has 1 atom stereocenters. The number of nitrogens with zero attached hydrogens (tertiary/aromatic N) is 1. The van der Waals surface area contributed by atoms with Crippen molar-refractivity contribution in [3.63, 3.8) is 0 Å². The van der Waals surface area contributed by atoms with Crippen molar-refractivity contribution in [2.45, 2.75) is 18.8 Å². The van der Waals surface area contributed by atoms with Gasteiger partial charge in [0.15, 0.2) is 0 Å². The van der Waals surface area contributed by atoms with E-state index in [1.807, 2.05) is 0 Å². The van der Waals surface area contributed by atoms with Gasteiger partial charge in [-0.05, 0) is 37.2 Å². The highest BCUT2D eigenvalue weighted by Gasteiger charge is 2.31. The van der Waals surface area contributed by atoms with Crippen LogP contribution >= 0.6 is 0 Å². The van der Waals surface area contributed by atoms with E-state index in [0.717, 1.165) is 31.6 Å². The minimum Gasteiger partial charge on any atom is -0.406 e. The molecule has 4 nitrogen and oxygen atoms in total. The van der Waals surface area contributed by atoms with Crippen molar-refractivity contribution >= 4 is 5.91 Å². The smallest absolute Gasteiger partial charge is 0.406 e. The molecule has 0 unspecified atom stereocenters. The molecule has 2 rings (SSSR count). The molecule has 110 valence electrons. The summed E-state index contributed by atoms with van der Waals surface area (Å²) >= 11 is 0. The van der Waals surface area contributed by atoms with Crippen LogP contribution in [0.5, 0.6) is 5.75 Å². The van der Waals surface area contributed by atoms with E-state index < -0.39 is 6.36 Å². The Balaban J connectivity index is 2.03. The molecule has 1 N–H and O–H groups in total.